The first-order chi connectivity index (χ1) is 8.84. The molecule has 0 atom stereocenters. The first kappa shape index (κ1) is 13.2. The van der Waals surface area contributed by atoms with E-state index in [4.69, 9.17) is 5.11 Å². The maximum atomic E-state index is 12.1. The second kappa shape index (κ2) is 4.47. The van der Waals surface area contributed by atoms with Crippen molar-refractivity contribution in [1.82, 2.24) is 9.29 Å². The highest BCUT2D eigenvalue weighted by atomic mass is 32.2. The highest BCUT2D eigenvalue weighted by molar-refractivity contribution is 7.90. The number of amides is 1. The summed E-state index contributed by atoms with van der Waals surface area (Å²) in [5.41, 5.74) is 0.253. The van der Waals surface area contributed by atoms with E-state index in [9.17, 15) is 18.0 Å². The molecule has 0 radical (unpaired) electrons. The van der Waals surface area contributed by atoms with E-state index in [0.29, 0.717) is 4.31 Å². The van der Waals surface area contributed by atoms with Crippen molar-refractivity contribution in [2.75, 3.05) is 6.54 Å². The van der Waals surface area contributed by atoms with Crippen molar-refractivity contribution in [1.29, 1.82) is 0 Å². The number of carboxylic acid groups (broad SMARTS) is 1. The van der Waals surface area contributed by atoms with E-state index in [-0.39, 0.29) is 22.7 Å². The Hall–Kier alpha value is -2.22. The van der Waals surface area contributed by atoms with Gasteiger partial charge in [0.1, 0.15) is 0 Å². The van der Waals surface area contributed by atoms with Crippen LogP contribution < -0.4 is 0 Å². The standard InChI is InChI=1S/C11H10N2O5S/c1-7(5-9(14)15)6-13-11(16)8-3-2-4-12-10(8)19(13,17)18/h2-5H,6H2,1H3,(H,14,15)/b7-5-. The summed E-state index contributed by atoms with van der Waals surface area (Å²) in [6.07, 6.45) is 2.15. The van der Waals surface area contributed by atoms with Crippen LogP contribution in [0.4, 0.5) is 0 Å². The molecule has 0 spiro atoms. The summed E-state index contributed by atoms with van der Waals surface area (Å²) in [7, 11) is -3.99. The van der Waals surface area contributed by atoms with Gasteiger partial charge in [0.05, 0.1) is 12.1 Å². The minimum atomic E-state index is -3.99. The highest BCUT2D eigenvalue weighted by Crippen LogP contribution is 2.28. The van der Waals surface area contributed by atoms with Crippen LogP contribution in [0.15, 0.2) is 35.0 Å². The molecule has 1 aliphatic rings. The summed E-state index contributed by atoms with van der Waals surface area (Å²) in [5, 5.41) is 8.30. The predicted molar refractivity (Wildman–Crippen MR) is 63.9 cm³/mol. The molecule has 0 aliphatic carbocycles. The first-order valence-corrected chi connectivity index (χ1v) is 6.70. The lowest BCUT2D eigenvalue weighted by Crippen LogP contribution is -2.31. The van der Waals surface area contributed by atoms with Gasteiger partial charge in [0.25, 0.3) is 15.9 Å². The molecule has 8 heteroatoms. The molecule has 1 aliphatic heterocycles. The first-order valence-electron chi connectivity index (χ1n) is 5.26. The molecule has 7 nitrogen and oxygen atoms in total. The van der Waals surface area contributed by atoms with Crippen LogP contribution in [0.2, 0.25) is 0 Å². The van der Waals surface area contributed by atoms with Crippen molar-refractivity contribution in [2.45, 2.75) is 11.9 Å². The number of pyridine rings is 1. The fourth-order valence-electron chi connectivity index (χ4n) is 1.75. The maximum Gasteiger partial charge on any atom is 0.328 e. The molecule has 2 heterocycles. The van der Waals surface area contributed by atoms with Crippen LogP contribution in [0.1, 0.15) is 17.3 Å². The Morgan fingerprint density at radius 2 is 2.21 bits per heavy atom. The molecule has 0 unspecified atom stereocenters. The Labute approximate surface area is 109 Å². The predicted octanol–water partition coefficient (Wildman–Crippen LogP) is 0.257. The van der Waals surface area contributed by atoms with Gasteiger partial charge >= 0.3 is 5.97 Å². The normalized spacial score (nSPS) is 17.4. The third-order valence-corrected chi connectivity index (χ3v) is 4.21. The second-order valence-corrected chi connectivity index (χ2v) is 5.78. The topological polar surface area (TPSA) is 105 Å². The number of sulfonamides is 1. The molecule has 1 aromatic rings. The number of hydrogen-bond donors (Lipinski definition) is 1. The van der Waals surface area contributed by atoms with Crippen LogP contribution >= 0.6 is 0 Å². The van der Waals surface area contributed by atoms with Crippen molar-refractivity contribution in [2.24, 2.45) is 0 Å². The molecule has 0 saturated heterocycles. The quantitative estimate of drug-likeness (QED) is 0.797. The molecule has 0 fully saturated rings. The Bertz CT molecular complexity index is 693. The summed E-state index contributed by atoms with van der Waals surface area (Å²) in [4.78, 5) is 26.2. The third kappa shape index (κ3) is 2.22. The molecule has 2 rings (SSSR count). The van der Waals surface area contributed by atoms with E-state index in [1.54, 1.807) is 0 Å². The van der Waals surface area contributed by atoms with Crippen LogP contribution in [-0.2, 0) is 14.8 Å². The van der Waals surface area contributed by atoms with Crippen LogP contribution in [0.25, 0.3) is 0 Å². The van der Waals surface area contributed by atoms with Gasteiger partial charge in [-0.3, -0.25) is 4.79 Å². The van der Waals surface area contributed by atoms with E-state index in [1.807, 2.05) is 0 Å². The van der Waals surface area contributed by atoms with Gasteiger partial charge in [-0.25, -0.2) is 14.1 Å². The monoisotopic (exact) mass is 282 g/mol. The van der Waals surface area contributed by atoms with E-state index in [0.717, 1.165) is 6.08 Å². The van der Waals surface area contributed by atoms with Gasteiger partial charge in [-0.15, -0.1) is 0 Å². The second-order valence-electron chi connectivity index (χ2n) is 4.00. The molecule has 0 saturated carbocycles. The summed E-state index contributed by atoms with van der Waals surface area (Å²) in [6, 6.07) is 2.84. The summed E-state index contributed by atoms with van der Waals surface area (Å²) in [5.74, 6) is -1.89. The molecule has 1 N–H and O–H groups in total. The molecule has 1 amide bonds. The molecule has 0 aromatic carbocycles. The van der Waals surface area contributed by atoms with Gasteiger partial charge in [-0.05, 0) is 24.6 Å². The zero-order valence-electron chi connectivity index (χ0n) is 9.90. The zero-order chi connectivity index (χ0) is 14.2. The zero-order valence-corrected chi connectivity index (χ0v) is 10.7. The lowest BCUT2D eigenvalue weighted by atomic mass is 10.2. The number of rotatable bonds is 3. The fourth-order valence-corrected chi connectivity index (χ4v) is 3.27. The van der Waals surface area contributed by atoms with Crippen LogP contribution in [-0.4, -0.2) is 41.2 Å². The van der Waals surface area contributed by atoms with Crippen LogP contribution in [0, 0.1) is 0 Å². The van der Waals surface area contributed by atoms with Gasteiger partial charge in [-0.2, -0.15) is 8.42 Å². The van der Waals surface area contributed by atoms with Crippen molar-refractivity contribution >= 4 is 21.9 Å². The Kier molecular flexibility index (Phi) is 3.11. The molecule has 0 bridgehead atoms. The lowest BCUT2D eigenvalue weighted by Gasteiger charge is -2.14. The molecule has 100 valence electrons. The average molecular weight is 282 g/mol. The molecule has 1 aromatic heterocycles. The van der Waals surface area contributed by atoms with Gasteiger partial charge in [0, 0.05) is 12.3 Å². The van der Waals surface area contributed by atoms with Crippen molar-refractivity contribution in [3.05, 3.63) is 35.5 Å². The van der Waals surface area contributed by atoms with Gasteiger partial charge in [0.15, 0.2) is 5.03 Å². The Morgan fingerprint density at radius 3 is 2.79 bits per heavy atom. The van der Waals surface area contributed by atoms with Crippen molar-refractivity contribution in [3.63, 3.8) is 0 Å². The molecular formula is C11H10N2O5S. The Morgan fingerprint density at radius 1 is 1.53 bits per heavy atom. The van der Waals surface area contributed by atoms with Gasteiger partial charge in [0.2, 0.25) is 0 Å². The number of carbonyl (C=O) groups is 2. The minimum Gasteiger partial charge on any atom is -0.478 e. The smallest absolute Gasteiger partial charge is 0.328 e. The maximum absolute atomic E-state index is 12.1. The fraction of sp³-hybridized carbons (Fsp3) is 0.182. The number of aliphatic carboxylic acids is 1. The van der Waals surface area contributed by atoms with Gasteiger partial charge in [-0.1, -0.05) is 0 Å². The van der Waals surface area contributed by atoms with Crippen molar-refractivity contribution < 1.29 is 23.1 Å². The summed E-state index contributed by atoms with van der Waals surface area (Å²) >= 11 is 0. The highest BCUT2D eigenvalue weighted by Gasteiger charge is 2.42. The van der Waals surface area contributed by atoms with E-state index >= 15 is 0 Å². The van der Waals surface area contributed by atoms with E-state index in [2.05, 4.69) is 4.98 Å². The van der Waals surface area contributed by atoms with E-state index in [1.165, 1.54) is 25.3 Å². The van der Waals surface area contributed by atoms with Crippen LogP contribution in [0.3, 0.4) is 0 Å². The number of carbonyl (C=O) groups excluding carboxylic acids is 1. The summed E-state index contributed by atoms with van der Waals surface area (Å²) in [6.45, 7) is 1.14. The summed E-state index contributed by atoms with van der Waals surface area (Å²) < 4.78 is 24.8. The minimum absolute atomic E-state index is 0.00521. The average Bonchev–Trinajstić information content (AvgIpc) is 2.51. The van der Waals surface area contributed by atoms with Gasteiger partial charge < -0.3 is 5.11 Å². The number of aromatic nitrogens is 1. The SMILES string of the molecule is C/C(=C/C(=O)O)CN1C(=O)c2cccnc2S1(=O)=O. The number of nitrogens with zero attached hydrogens (tertiary/aromatic N) is 2. The lowest BCUT2D eigenvalue weighted by molar-refractivity contribution is -0.131. The Balaban J connectivity index is 2.41. The third-order valence-electron chi connectivity index (χ3n) is 2.53. The molecular weight excluding hydrogens is 272 g/mol. The molecule has 19 heavy (non-hydrogen) atoms. The van der Waals surface area contributed by atoms with Crippen LogP contribution in [0.5, 0.6) is 0 Å². The number of hydrogen-bond acceptors (Lipinski definition) is 5. The number of fused-ring (bicyclic) bond motifs is 1. The van der Waals surface area contributed by atoms with E-state index < -0.39 is 21.9 Å². The van der Waals surface area contributed by atoms with Crippen molar-refractivity contribution in [3.8, 4) is 0 Å². The largest absolute Gasteiger partial charge is 0.478 e. The number of carboxylic acids is 1.